The van der Waals surface area contributed by atoms with Crippen LogP contribution in [0.1, 0.15) is 24.3 Å². The van der Waals surface area contributed by atoms with Crippen LogP contribution in [0.15, 0.2) is 68.1 Å². The van der Waals surface area contributed by atoms with E-state index in [-0.39, 0.29) is 5.56 Å². The molecule has 0 bridgehead atoms. The number of nitrogens with zero attached hydrogens (tertiary/aromatic N) is 2. The fraction of sp³-hybridized carbons (Fsp3) is 0.190. The summed E-state index contributed by atoms with van der Waals surface area (Å²) in [4.78, 5) is 30.8. The molecule has 29 heavy (non-hydrogen) atoms. The van der Waals surface area contributed by atoms with Crippen LogP contribution < -0.4 is 19.6 Å². The quantitative estimate of drug-likeness (QED) is 0.615. The number of hydrogen-bond donors (Lipinski definition) is 0. The summed E-state index contributed by atoms with van der Waals surface area (Å²) in [7, 11) is 2.90. The van der Waals surface area contributed by atoms with Gasteiger partial charge in [0.25, 0.3) is 5.56 Å². The van der Waals surface area contributed by atoms with Gasteiger partial charge in [0.2, 0.25) is 0 Å². The number of thiazole rings is 1. The molecule has 0 spiro atoms. The van der Waals surface area contributed by atoms with Crippen LogP contribution in [0.3, 0.4) is 0 Å². The van der Waals surface area contributed by atoms with E-state index < -0.39 is 12.0 Å². The molecule has 4 rings (SSSR count). The number of furan rings is 1. The van der Waals surface area contributed by atoms with Crippen molar-refractivity contribution in [3.05, 3.63) is 84.9 Å². The number of allylic oxidation sites excluding steroid dienone is 1. The van der Waals surface area contributed by atoms with Crippen LogP contribution in [0.2, 0.25) is 0 Å². The normalized spacial score (nSPS) is 16.4. The molecule has 0 radical (unpaired) electrons. The molecule has 7 nitrogen and oxygen atoms in total. The number of esters is 1. The van der Waals surface area contributed by atoms with Gasteiger partial charge in [-0.3, -0.25) is 9.36 Å². The van der Waals surface area contributed by atoms with E-state index in [0.29, 0.717) is 32.1 Å². The van der Waals surface area contributed by atoms with Gasteiger partial charge in [0.1, 0.15) is 11.5 Å². The molecule has 0 saturated carbocycles. The zero-order valence-corrected chi connectivity index (χ0v) is 16.9. The predicted octanol–water partition coefficient (Wildman–Crippen LogP) is 2.01. The van der Waals surface area contributed by atoms with Crippen molar-refractivity contribution >= 4 is 23.4 Å². The molecule has 2 aromatic heterocycles. The largest absolute Gasteiger partial charge is 0.497 e. The average molecular weight is 410 g/mol. The second kappa shape index (κ2) is 7.56. The van der Waals surface area contributed by atoms with Crippen molar-refractivity contribution in [2.24, 2.45) is 4.99 Å². The SMILES string of the molecule is COC(=O)C1=C(C)N=c2sc(=Cc3ccco3)c(=O)n2[C@H]1c1ccc(OC)cc1. The summed E-state index contributed by atoms with van der Waals surface area (Å²) in [5, 5.41) is 0. The zero-order chi connectivity index (χ0) is 20.5. The van der Waals surface area contributed by atoms with E-state index in [1.807, 2.05) is 12.1 Å². The molecule has 0 saturated heterocycles. The number of rotatable bonds is 4. The number of methoxy groups -OCH3 is 2. The highest BCUT2D eigenvalue weighted by Crippen LogP contribution is 2.31. The summed E-state index contributed by atoms with van der Waals surface area (Å²) >= 11 is 1.25. The third-order valence-electron chi connectivity index (χ3n) is 4.68. The highest BCUT2D eigenvalue weighted by Gasteiger charge is 2.33. The van der Waals surface area contributed by atoms with E-state index in [9.17, 15) is 9.59 Å². The summed E-state index contributed by atoms with van der Waals surface area (Å²) in [6.07, 6.45) is 3.22. The second-order valence-electron chi connectivity index (χ2n) is 6.36. The first kappa shape index (κ1) is 18.9. The number of hydrogen-bond acceptors (Lipinski definition) is 7. The Morgan fingerprint density at radius 3 is 2.62 bits per heavy atom. The molecule has 0 fully saturated rings. The molecule has 1 atom stereocenters. The van der Waals surface area contributed by atoms with Gasteiger partial charge in [-0.05, 0) is 36.8 Å². The lowest BCUT2D eigenvalue weighted by molar-refractivity contribution is -0.136. The molecule has 0 unspecified atom stereocenters. The first-order valence-electron chi connectivity index (χ1n) is 8.82. The molecule has 3 heterocycles. The monoisotopic (exact) mass is 410 g/mol. The number of aromatic nitrogens is 1. The van der Waals surface area contributed by atoms with Gasteiger partial charge in [0, 0.05) is 6.08 Å². The van der Waals surface area contributed by atoms with E-state index in [4.69, 9.17) is 13.9 Å². The first-order valence-corrected chi connectivity index (χ1v) is 9.63. The summed E-state index contributed by atoms with van der Waals surface area (Å²) in [5.74, 6) is 0.729. The Bertz CT molecular complexity index is 1260. The van der Waals surface area contributed by atoms with Crippen molar-refractivity contribution in [1.82, 2.24) is 4.57 Å². The lowest BCUT2D eigenvalue weighted by Crippen LogP contribution is -2.39. The fourth-order valence-electron chi connectivity index (χ4n) is 3.30. The van der Waals surface area contributed by atoms with Crippen molar-refractivity contribution < 1.29 is 18.7 Å². The summed E-state index contributed by atoms with van der Waals surface area (Å²) in [5.41, 5.74) is 1.35. The average Bonchev–Trinajstić information content (AvgIpc) is 3.35. The van der Waals surface area contributed by atoms with Crippen molar-refractivity contribution in [3.63, 3.8) is 0 Å². The molecular weight excluding hydrogens is 392 g/mol. The highest BCUT2D eigenvalue weighted by molar-refractivity contribution is 7.07. The van der Waals surface area contributed by atoms with Gasteiger partial charge in [-0.25, -0.2) is 9.79 Å². The molecule has 0 aliphatic carbocycles. The van der Waals surface area contributed by atoms with Gasteiger partial charge >= 0.3 is 5.97 Å². The zero-order valence-electron chi connectivity index (χ0n) is 16.0. The smallest absolute Gasteiger partial charge is 0.338 e. The van der Waals surface area contributed by atoms with E-state index in [2.05, 4.69) is 4.99 Å². The van der Waals surface area contributed by atoms with E-state index >= 15 is 0 Å². The molecule has 1 aliphatic rings. The van der Waals surface area contributed by atoms with E-state index in [1.165, 1.54) is 23.0 Å². The molecule has 0 amide bonds. The van der Waals surface area contributed by atoms with Gasteiger partial charge in [0.05, 0.1) is 42.3 Å². The van der Waals surface area contributed by atoms with Gasteiger partial charge in [-0.2, -0.15) is 0 Å². The van der Waals surface area contributed by atoms with Crippen LogP contribution in [-0.4, -0.2) is 24.8 Å². The van der Waals surface area contributed by atoms with Gasteiger partial charge in [0.15, 0.2) is 4.80 Å². The molecular formula is C21H18N2O5S. The van der Waals surface area contributed by atoms with E-state index in [0.717, 1.165) is 5.56 Å². The number of carbonyl (C=O) groups is 1. The number of ether oxygens (including phenoxy) is 2. The lowest BCUT2D eigenvalue weighted by atomic mass is 9.96. The maximum absolute atomic E-state index is 13.3. The maximum atomic E-state index is 13.3. The first-order chi connectivity index (χ1) is 14.0. The van der Waals surface area contributed by atoms with Crippen LogP contribution >= 0.6 is 11.3 Å². The Kier molecular flexibility index (Phi) is 4.94. The number of benzene rings is 1. The van der Waals surface area contributed by atoms with Gasteiger partial charge < -0.3 is 13.9 Å². The number of carbonyl (C=O) groups excluding carboxylic acids is 1. The molecule has 148 valence electrons. The lowest BCUT2D eigenvalue weighted by Gasteiger charge is -2.24. The summed E-state index contributed by atoms with van der Waals surface area (Å²) in [6, 6.07) is 10.1. The van der Waals surface area contributed by atoms with Crippen LogP contribution in [0.25, 0.3) is 6.08 Å². The van der Waals surface area contributed by atoms with Crippen LogP contribution in [-0.2, 0) is 9.53 Å². The van der Waals surface area contributed by atoms with Gasteiger partial charge in [-0.1, -0.05) is 23.5 Å². The molecule has 1 aliphatic heterocycles. The minimum atomic E-state index is -0.650. The predicted molar refractivity (Wildman–Crippen MR) is 107 cm³/mol. The minimum Gasteiger partial charge on any atom is -0.497 e. The molecule has 3 aromatic rings. The van der Waals surface area contributed by atoms with Crippen molar-refractivity contribution in [3.8, 4) is 5.75 Å². The van der Waals surface area contributed by atoms with Crippen LogP contribution in [0.5, 0.6) is 5.75 Å². The Balaban J connectivity index is 1.97. The Labute approximate surface area is 169 Å². The minimum absolute atomic E-state index is 0.250. The summed E-state index contributed by atoms with van der Waals surface area (Å²) < 4.78 is 17.5. The number of fused-ring (bicyclic) bond motifs is 1. The Morgan fingerprint density at radius 2 is 2.00 bits per heavy atom. The van der Waals surface area contributed by atoms with E-state index in [1.54, 1.807) is 50.6 Å². The third-order valence-corrected chi connectivity index (χ3v) is 5.66. The fourth-order valence-corrected chi connectivity index (χ4v) is 4.32. The standard InChI is InChI=1S/C21H18N2O5S/c1-12-17(20(25)27-3)18(13-6-8-14(26-2)9-7-13)23-19(24)16(29-21(23)22-12)11-15-5-4-10-28-15/h4-11,18H,1-3H3/t18-/m0/s1. The Morgan fingerprint density at radius 1 is 1.24 bits per heavy atom. The highest BCUT2D eigenvalue weighted by atomic mass is 32.1. The van der Waals surface area contributed by atoms with Crippen LogP contribution in [0.4, 0.5) is 0 Å². The topological polar surface area (TPSA) is 83.0 Å². The third kappa shape index (κ3) is 3.31. The van der Waals surface area contributed by atoms with Crippen molar-refractivity contribution in [2.45, 2.75) is 13.0 Å². The van der Waals surface area contributed by atoms with Gasteiger partial charge in [-0.15, -0.1) is 0 Å². The molecule has 0 N–H and O–H groups in total. The van der Waals surface area contributed by atoms with Crippen molar-refractivity contribution in [2.75, 3.05) is 14.2 Å². The molecule has 1 aromatic carbocycles. The molecule has 8 heteroatoms. The second-order valence-corrected chi connectivity index (χ2v) is 7.37. The van der Waals surface area contributed by atoms with Crippen molar-refractivity contribution in [1.29, 1.82) is 0 Å². The Hall–Kier alpha value is -3.39. The summed E-state index contributed by atoms with van der Waals surface area (Å²) in [6.45, 7) is 1.74. The maximum Gasteiger partial charge on any atom is 0.338 e. The van der Waals surface area contributed by atoms with Crippen LogP contribution in [0, 0.1) is 0 Å².